The first kappa shape index (κ1) is 11.3. The van der Waals surface area contributed by atoms with E-state index in [-0.39, 0.29) is 0 Å². The molecule has 17 heavy (non-hydrogen) atoms. The van der Waals surface area contributed by atoms with Crippen LogP contribution in [0.15, 0.2) is 42.1 Å². The van der Waals surface area contributed by atoms with E-state index in [1.54, 1.807) is 24.8 Å². The monoisotopic (exact) mass is 229 g/mol. The summed E-state index contributed by atoms with van der Waals surface area (Å²) >= 11 is 0. The van der Waals surface area contributed by atoms with Crippen LogP contribution in [-0.4, -0.2) is 22.2 Å². The van der Waals surface area contributed by atoms with Crippen molar-refractivity contribution in [3.63, 3.8) is 0 Å². The number of allylic oxidation sites excluding steroid dienone is 1. The smallest absolute Gasteiger partial charge is 0.179 e. The van der Waals surface area contributed by atoms with Gasteiger partial charge >= 0.3 is 0 Å². The molecule has 0 unspecified atom stereocenters. The summed E-state index contributed by atoms with van der Waals surface area (Å²) in [6, 6.07) is 0.307. The summed E-state index contributed by atoms with van der Waals surface area (Å²) in [5.41, 5.74) is 0. The number of nitrogens with zero attached hydrogens (tertiary/aromatic N) is 4. The topological polar surface area (TPSA) is 53.4 Å². The van der Waals surface area contributed by atoms with Crippen LogP contribution in [0, 0.1) is 0 Å². The fraction of sp³-hybridized carbons (Fsp3) is 0.250. The van der Waals surface area contributed by atoms with Crippen LogP contribution in [0.25, 0.3) is 0 Å². The van der Waals surface area contributed by atoms with E-state index in [4.69, 9.17) is 0 Å². The lowest BCUT2D eigenvalue weighted by Crippen LogP contribution is -2.17. The van der Waals surface area contributed by atoms with Gasteiger partial charge in [0.1, 0.15) is 0 Å². The van der Waals surface area contributed by atoms with Crippen molar-refractivity contribution in [1.82, 2.24) is 9.97 Å². The zero-order chi connectivity index (χ0) is 12.1. The maximum absolute atomic E-state index is 4.34. The number of aliphatic imine (C=N–C) groups is 1. The summed E-state index contributed by atoms with van der Waals surface area (Å²) < 4.78 is 0. The molecule has 0 aromatic carbocycles. The second kappa shape index (κ2) is 5.25. The normalized spacial score (nSPS) is 14.2. The molecular formula is C12H15N5. The van der Waals surface area contributed by atoms with E-state index in [0.717, 1.165) is 11.6 Å². The van der Waals surface area contributed by atoms with Gasteiger partial charge in [0.25, 0.3) is 0 Å². The Hall–Kier alpha value is -2.17. The van der Waals surface area contributed by atoms with E-state index in [1.165, 1.54) is 0 Å². The number of aromatic nitrogens is 2. The number of nitrogens with one attached hydrogen (secondary N) is 1. The van der Waals surface area contributed by atoms with Crippen molar-refractivity contribution in [1.29, 1.82) is 0 Å². The quantitative estimate of drug-likeness (QED) is 0.863. The summed E-state index contributed by atoms with van der Waals surface area (Å²) in [5, 5.41) is 3.27. The lowest BCUT2D eigenvalue weighted by Gasteiger charge is -2.18. The molecule has 5 nitrogen and oxygen atoms in total. The zero-order valence-electron chi connectivity index (χ0n) is 9.91. The fourth-order valence-electron chi connectivity index (χ4n) is 1.43. The third kappa shape index (κ3) is 2.90. The summed E-state index contributed by atoms with van der Waals surface area (Å²) in [6.07, 6.45) is 12.4. The third-order valence-electron chi connectivity index (χ3n) is 2.08. The minimum atomic E-state index is 0.307. The van der Waals surface area contributed by atoms with Crippen molar-refractivity contribution in [2.24, 2.45) is 4.99 Å². The minimum absolute atomic E-state index is 0.307. The lowest BCUT2D eigenvalue weighted by atomic mass is 10.4. The molecular weight excluding hydrogens is 214 g/mol. The van der Waals surface area contributed by atoms with Crippen LogP contribution in [0.2, 0.25) is 0 Å². The van der Waals surface area contributed by atoms with Gasteiger partial charge < -0.3 is 10.2 Å². The van der Waals surface area contributed by atoms with Gasteiger partial charge in [-0.3, -0.25) is 4.99 Å². The Morgan fingerprint density at radius 2 is 2.00 bits per heavy atom. The molecule has 1 aromatic heterocycles. The van der Waals surface area contributed by atoms with E-state index in [0.29, 0.717) is 6.04 Å². The Bertz CT molecular complexity index is 446. The first-order chi connectivity index (χ1) is 8.27. The highest BCUT2D eigenvalue weighted by Crippen LogP contribution is 2.21. The lowest BCUT2D eigenvalue weighted by molar-refractivity contribution is 0.884. The van der Waals surface area contributed by atoms with Crippen molar-refractivity contribution >= 4 is 17.9 Å². The molecule has 88 valence electrons. The van der Waals surface area contributed by atoms with Crippen molar-refractivity contribution in [3.8, 4) is 0 Å². The number of anilines is 2. The van der Waals surface area contributed by atoms with Gasteiger partial charge in [-0.15, -0.1) is 0 Å². The standard InChI is InChI=1S/C12H15N5/c1-10(2)16-11-12(15-6-5-14-11)17-8-3-4-13-7-9-17/h3-10H,1-2H3,(H,14,16). The first-order valence-corrected chi connectivity index (χ1v) is 5.50. The van der Waals surface area contributed by atoms with Crippen LogP contribution in [0.4, 0.5) is 11.6 Å². The highest BCUT2D eigenvalue weighted by atomic mass is 15.2. The highest BCUT2D eigenvalue weighted by molar-refractivity contribution is 5.75. The summed E-state index contributed by atoms with van der Waals surface area (Å²) in [5.74, 6) is 1.53. The molecule has 0 spiro atoms. The summed E-state index contributed by atoms with van der Waals surface area (Å²) in [4.78, 5) is 14.6. The molecule has 2 heterocycles. The van der Waals surface area contributed by atoms with Gasteiger partial charge in [0, 0.05) is 43.2 Å². The van der Waals surface area contributed by atoms with E-state index in [9.17, 15) is 0 Å². The van der Waals surface area contributed by atoms with Gasteiger partial charge in [-0.05, 0) is 19.9 Å². The van der Waals surface area contributed by atoms with Gasteiger partial charge in [-0.2, -0.15) is 0 Å². The zero-order valence-corrected chi connectivity index (χ0v) is 9.91. The van der Waals surface area contributed by atoms with Gasteiger partial charge in [0.05, 0.1) is 0 Å². The number of hydrogen-bond acceptors (Lipinski definition) is 5. The van der Waals surface area contributed by atoms with Gasteiger partial charge in [0.2, 0.25) is 0 Å². The van der Waals surface area contributed by atoms with E-state index in [2.05, 4.69) is 34.1 Å². The molecule has 0 amide bonds. The average Bonchev–Trinajstić information content (AvgIpc) is 2.57. The van der Waals surface area contributed by atoms with Crippen LogP contribution >= 0.6 is 0 Å². The second-order valence-corrected chi connectivity index (χ2v) is 3.87. The molecule has 2 rings (SSSR count). The van der Waals surface area contributed by atoms with Crippen molar-refractivity contribution in [2.75, 3.05) is 10.2 Å². The molecule has 5 heteroatoms. The molecule has 0 radical (unpaired) electrons. The molecule has 1 N–H and O–H groups in total. The fourth-order valence-corrected chi connectivity index (χ4v) is 1.43. The maximum atomic E-state index is 4.34. The maximum Gasteiger partial charge on any atom is 0.179 e. The molecule has 0 saturated carbocycles. The van der Waals surface area contributed by atoms with Crippen LogP contribution in [-0.2, 0) is 0 Å². The van der Waals surface area contributed by atoms with Crippen molar-refractivity contribution in [3.05, 3.63) is 37.1 Å². The molecule has 1 aliphatic heterocycles. The Morgan fingerprint density at radius 1 is 1.18 bits per heavy atom. The van der Waals surface area contributed by atoms with Crippen LogP contribution < -0.4 is 10.2 Å². The second-order valence-electron chi connectivity index (χ2n) is 3.87. The molecule has 0 saturated heterocycles. The summed E-state index contributed by atoms with van der Waals surface area (Å²) in [6.45, 7) is 4.13. The van der Waals surface area contributed by atoms with Crippen molar-refractivity contribution < 1.29 is 0 Å². The van der Waals surface area contributed by atoms with Gasteiger partial charge in [-0.1, -0.05) is 0 Å². The molecule has 0 fully saturated rings. The predicted molar refractivity (Wildman–Crippen MR) is 70.0 cm³/mol. The Morgan fingerprint density at radius 3 is 2.82 bits per heavy atom. The Kier molecular flexibility index (Phi) is 3.49. The first-order valence-electron chi connectivity index (χ1n) is 5.50. The highest BCUT2D eigenvalue weighted by Gasteiger charge is 2.10. The minimum Gasteiger partial charge on any atom is -0.365 e. The van der Waals surface area contributed by atoms with Gasteiger partial charge in [0.15, 0.2) is 11.6 Å². The van der Waals surface area contributed by atoms with Crippen molar-refractivity contribution in [2.45, 2.75) is 19.9 Å². The number of hydrogen-bond donors (Lipinski definition) is 1. The third-order valence-corrected chi connectivity index (χ3v) is 2.08. The van der Waals surface area contributed by atoms with Gasteiger partial charge in [-0.25, -0.2) is 9.97 Å². The Labute approximate surface area is 101 Å². The molecule has 1 aliphatic rings. The number of rotatable bonds is 3. The van der Waals surface area contributed by atoms with Crippen LogP contribution in [0.5, 0.6) is 0 Å². The van der Waals surface area contributed by atoms with Crippen LogP contribution in [0.1, 0.15) is 13.8 Å². The average molecular weight is 229 g/mol. The predicted octanol–water partition coefficient (Wildman–Crippen LogP) is 2.17. The Balaban J connectivity index is 2.31. The molecule has 0 bridgehead atoms. The summed E-state index contributed by atoms with van der Waals surface area (Å²) in [7, 11) is 0. The van der Waals surface area contributed by atoms with E-state index in [1.807, 2.05) is 23.4 Å². The molecule has 1 aromatic rings. The largest absolute Gasteiger partial charge is 0.365 e. The van der Waals surface area contributed by atoms with E-state index >= 15 is 0 Å². The van der Waals surface area contributed by atoms with E-state index < -0.39 is 0 Å². The SMILES string of the molecule is CC(C)Nc1nccnc1N1C=CC=NC=C1. The van der Waals surface area contributed by atoms with Crippen LogP contribution in [0.3, 0.4) is 0 Å². The molecule has 0 atom stereocenters. The molecule has 0 aliphatic carbocycles.